The Bertz CT molecular complexity index is 796. The molecule has 0 saturated heterocycles. The number of rotatable bonds is 4. The predicted octanol–water partition coefficient (Wildman–Crippen LogP) is 6.17. The molecule has 4 saturated carbocycles. The zero-order valence-corrected chi connectivity index (χ0v) is 20.4. The number of aliphatic hydroxyl groups is 3. The number of halogens is 6. The van der Waals surface area contributed by atoms with E-state index in [1.807, 2.05) is 0 Å². The van der Waals surface area contributed by atoms with Crippen LogP contribution in [0.5, 0.6) is 0 Å². The molecule has 0 heterocycles. The average Bonchev–Trinajstić information content (AvgIpc) is 3.07. The molecule has 0 aliphatic heterocycles. The Morgan fingerprint density at radius 2 is 1.37 bits per heavy atom. The summed E-state index contributed by atoms with van der Waals surface area (Å²) in [6, 6.07) is 0. The van der Waals surface area contributed by atoms with Gasteiger partial charge < -0.3 is 15.3 Å². The third-order valence-corrected chi connectivity index (χ3v) is 10.8. The van der Waals surface area contributed by atoms with Crippen molar-refractivity contribution in [1.82, 2.24) is 0 Å². The van der Waals surface area contributed by atoms with Crippen LogP contribution in [0.15, 0.2) is 12.2 Å². The molecular formula is C26H38F6O3. The number of alkyl halides is 6. The average molecular weight is 513 g/mol. The first-order valence-electron chi connectivity index (χ1n) is 12.9. The van der Waals surface area contributed by atoms with Gasteiger partial charge in [0.2, 0.25) is 0 Å². The van der Waals surface area contributed by atoms with Crippen LogP contribution in [-0.4, -0.2) is 45.5 Å². The Labute approximate surface area is 203 Å². The summed E-state index contributed by atoms with van der Waals surface area (Å²) in [5.41, 5.74) is -4.83. The van der Waals surface area contributed by atoms with E-state index in [1.54, 1.807) is 0 Å². The van der Waals surface area contributed by atoms with E-state index < -0.39 is 30.5 Å². The molecule has 4 aliphatic rings. The second kappa shape index (κ2) is 8.90. The van der Waals surface area contributed by atoms with Crippen molar-refractivity contribution in [2.75, 3.05) is 0 Å². The maximum atomic E-state index is 12.9. The molecule has 4 rings (SSSR count). The summed E-state index contributed by atoms with van der Waals surface area (Å²) in [7, 11) is 0. The molecular weight excluding hydrogens is 474 g/mol. The molecule has 0 spiro atoms. The molecule has 4 fully saturated rings. The van der Waals surface area contributed by atoms with Crippen LogP contribution in [0.25, 0.3) is 0 Å². The highest BCUT2D eigenvalue weighted by Crippen LogP contribution is 2.67. The molecule has 3 N–H and O–H groups in total. The zero-order valence-electron chi connectivity index (χ0n) is 20.4. The molecule has 3 nitrogen and oxygen atoms in total. The predicted molar refractivity (Wildman–Crippen MR) is 118 cm³/mol. The minimum Gasteiger partial charge on any atom is -0.393 e. The van der Waals surface area contributed by atoms with Crippen LogP contribution < -0.4 is 0 Å². The number of allylic oxidation sites excluding steroid dienone is 1. The number of hydrogen-bond donors (Lipinski definition) is 3. The van der Waals surface area contributed by atoms with Crippen LogP contribution in [-0.2, 0) is 0 Å². The summed E-state index contributed by atoms with van der Waals surface area (Å²) in [6.45, 7) is 4.47. The summed E-state index contributed by atoms with van der Waals surface area (Å²) >= 11 is 0. The third-order valence-electron chi connectivity index (χ3n) is 10.8. The van der Waals surface area contributed by atoms with Gasteiger partial charge in [0.15, 0.2) is 0 Å². The summed E-state index contributed by atoms with van der Waals surface area (Å²) in [5, 5.41) is 30.6. The van der Waals surface area contributed by atoms with Crippen molar-refractivity contribution in [2.45, 2.75) is 108 Å². The van der Waals surface area contributed by atoms with E-state index in [2.05, 4.69) is 13.8 Å². The largest absolute Gasteiger partial charge is 0.426 e. The van der Waals surface area contributed by atoms with E-state index in [0.717, 1.165) is 44.6 Å². The van der Waals surface area contributed by atoms with Crippen molar-refractivity contribution in [3.05, 3.63) is 12.2 Å². The number of hydrogen-bond acceptors (Lipinski definition) is 3. The van der Waals surface area contributed by atoms with Crippen LogP contribution in [0.4, 0.5) is 26.3 Å². The molecule has 9 unspecified atom stereocenters. The van der Waals surface area contributed by atoms with Gasteiger partial charge in [-0.15, -0.1) is 0 Å². The van der Waals surface area contributed by atoms with Gasteiger partial charge in [-0.2, -0.15) is 26.3 Å². The van der Waals surface area contributed by atoms with Crippen molar-refractivity contribution in [2.24, 2.45) is 40.4 Å². The standard InChI is InChI=1S/C26H38F6O3/c1-22-12-9-19-17(14-21(34)20-13-16(33)8-11-23(19,20)2)18(22)7-6-15(22)5-3-4-10-24(35,25(27,28)29)26(30,31)32/h3-4,15-21,33-35H,5-14H2,1-2H3/b4-3+. The van der Waals surface area contributed by atoms with Crippen molar-refractivity contribution in [3.8, 4) is 0 Å². The summed E-state index contributed by atoms with van der Waals surface area (Å²) in [4.78, 5) is 0. The fraction of sp³-hybridized carbons (Fsp3) is 0.923. The van der Waals surface area contributed by atoms with Gasteiger partial charge in [-0.3, -0.25) is 0 Å². The maximum absolute atomic E-state index is 12.9. The molecule has 0 aromatic heterocycles. The van der Waals surface area contributed by atoms with Crippen molar-refractivity contribution in [1.29, 1.82) is 0 Å². The van der Waals surface area contributed by atoms with Gasteiger partial charge in [0.25, 0.3) is 5.60 Å². The second-order valence-electron chi connectivity index (χ2n) is 12.3. The fourth-order valence-corrected chi connectivity index (χ4v) is 8.68. The fourth-order valence-electron chi connectivity index (χ4n) is 8.68. The highest BCUT2D eigenvalue weighted by molar-refractivity contribution is 5.12. The Hall–Kier alpha value is -0.800. The minimum atomic E-state index is -5.80. The number of aliphatic hydroxyl groups excluding tert-OH is 2. The second-order valence-corrected chi connectivity index (χ2v) is 12.3. The molecule has 0 aromatic rings. The molecule has 0 aromatic carbocycles. The monoisotopic (exact) mass is 512 g/mol. The molecule has 0 radical (unpaired) electrons. The van der Waals surface area contributed by atoms with E-state index in [1.165, 1.54) is 6.08 Å². The molecule has 35 heavy (non-hydrogen) atoms. The van der Waals surface area contributed by atoms with Crippen LogP contribution in [0.1, 0.15) is 78.1 Å². The lowest BCUT2D eigenvalue weighted by atomic mass is 9.44. The number of fused-ring (bicyclic) bond motifs is 5. The van der Waals surface area contributed by atoms with Crippen LogP contribution in [0, 0.1) is 40.4 Å². The van der Waals surface area contributed by atoms with Gasteiger partial charge >= 0.3 is 12.4 Å². The summed E-state index contributed by atoms with van der Waals surface area (Å²) < 4.78 is 77.6. The molecule has 9 heteroatoms. The van der Waals surface area contributed by atoms with E-state index in [4.69, 9.17) is 0 Å². The topological polar surface area (TPSA) is 60.7 Å². The lowest BCUT2D eigenvalue weighted by molar-refractivity contribution is -0.366. The quantitative estimate of drug-likeness (QED) is 0.312. The van der Waals surface area contributed by atoms with E-state index in [0.29, 0.717) is 37.0 Å². The van der Waals surface area contributed by atoms with Gasteiger partial charge in [0, 0.05) is 6.42 Å². The summed E-state index contributed by atoms with van der Waals surface area (Å²) in [6.07, 6.45) is -4.65. The van der Waals surface area contributed by atoms with E-state index in [9.17, 15) is 41.7 Å². The third kappa shape index (κ3) is 4.35. The lowest BCUT2D eigenvalue weighted by Gasteiger charge is -2.62. The van der Waals surface area contributed by atoms with Gasteiger partial charge in [-0.25, -0.2) is 0 Å². The normalized spacial score (nSPS) is 44.7. The first-order chi connectivity index (χ1) is 16.0. The first kappa shape index (κ1) is 27.2. The van der Waals surface area contributed by atoms with E-state index >= 15 is 0 Å². The van der Waals surface area contributed by atoms with Crippen LogP contribution in [0.2, 0.25) is 0 Å². The molecule has 4 aliphatic carbocycles. The smallest absolute Gasteiger partial charge is 0.393 e. The first-order valence-corrected chi connectivity index (χ1v) is 12.9. The zero-order chi connectivity index (χ0) is 26.0. The maximum Gasteiger partial charge on any atom is 0.426 e. The molecule has 9 atom stereocenters. The van der Waals surface area contributed by atoms with Crippen molar-refractivity contribution < 1.29 is 41.7 Å². The summed E-state index contributed by atoms with van der Waals surface area (Å²) in [5.74, 6) is 1.41. The highest BCUT2D eigenvalue weighted by Gasteiger charge is 2.69. The van der Waals surface area contributed by atoms with Crippen molar-refractivity contribution >= 4 is 0 Å². The minimum absolute atomic E-state index is 0.0134. The van der Waals surface area contributed by atoms with Crippen LogP contribution in [0.3, 0.4) is 0 Å². The highest BCUT2D eigenvalue weighted by atomic mass is 19.4. The van der Waals surface area contributed by atoms with Gasteiger partial charge in [0.1, 0.15) is 0 Å². The molecule has 202 valence electrons. The lowest BCUT2D eigenvalue weighted by Crippen LogP contribution is -2.58. The molecule has 0 amide bonds. The van der Waals surface area contributed by atoms with Gasteiger partial charge in [-0.1, -0.05) is 26.0 Å². The van der Waals surface area contributed by atoms with E-state index in [-0.39, 0.29) is 28.8 Å². The SMILES string of the molecule is CC12CCC3C(CC(O)C4CC(O)CCC43C)C1CCC2C/C=C/CC(O)(C(F)(F)F)C(F)(F)F. The van der Waals surface area contributed by atoms with Gasteiger partial charge in [0.05, 0.1) is 12.2 Å². The molecule has 0 bridgehead atoms. The van der Waals surface area contributed by atoms with Crippen molar-refractivity contribution in [3.63, 3.8) is 0 Å². The van der Waals surface area contributed by atoms with Gasteiger partial charge in [-0.05, 0) is 98.2 Å². The Morgan fingerprint density at radius 3 is 2.00 bits per heavy atom. The Balaban J connectivity index is 1.45. The Morgan fingerprint density at radius 1 is 0.771 bits per heavy atom. The Kier molecular flexibility index (Phi) is 6.92. The van der Waals surface area contributed by atoms with Crippen LogP contribution >= 0.6 is 0 Å².